The molecule has 0 amide bonds. The number of hydrogen-bond acceptors (Lipinski definition) is 3. The number of nitro benzene ring substituents is 1. The van der Waals surface area contributed by atoms with Gasteiger partial charge >= 0.3 is 0 Å². The van der Waals surface area contributed by atoms with Crippen LogP contribution in [0, 0.1) is 16.0 Å². The van der Waals surface area contributed by atoms with Gasteiger partial charge < -0.3 is 10.6 Å². The number of benzene rings is 1. The summed E-state index contributed by atoms with van der Waals surface area (Å²) in [6.45, 7) is 5.02. The summed E-state index contributed by atoms with van der Waals surface area (Å²) in [4.78, 5) is 16.9. The van der Waals surface area contributed by atoms with E-state index in [4.69, 9.17) is 5.73 Å². The van der Waals surface area contributed by atoms with Crippen LogP contribution in [0.1, 0.15) is 38.2 Å². The molecule has 1 heterocycles. The maximum absolute atomic E-state index is 10.6. The number of likely N-dealkylation sites (tertiary alicyclic amines) is 1. The first kappa shape index (κ1) is 17.2. The van der Waals surface area contributed by atoms with Crippen LogP contribution in [0.5, 0.6) is 0 Å². The first-order valence-electron chi connectivity index (χ1n) is 8.34. The van der Waals surface area contributed by atoms with Crippen LogP contribution >= 0.6 is 0 Å². The van der Waals surface area contributed by atoms with Crippen molar-refractivity contribution in [1.29, 1.82) is 0 Å². The lowest BCUT2D eigenvalue weighted by Crippen LogP contribution is -2.43. The molecule has 2 N–H and O–H groups in total. The number of guanidine groups is 1. The molecule has 1 fully saturated rings. The predicted molar refractivity (Wildman–Crippen MR) is 92.5 cm³/mol. The lowest BCUT2D eigenvalue weighted by Gasteiger charge is -2.31. The third-order valence-electron chi connectivity index (χ3n) is 4.28. The van der Waals surface area contributed by atoms with Gasteiger partial charge in [-0.3, -0.25) is 15.1 Å². The molecule has 1 aliphatic heterocycles. The summed E-state index contributed by atoms with van der Waals surface area (Å²) < 4.78 is 0. The van der Waals surface area contributed by atoms with Crippen molar-refractivity contribution in [2.75, 3.05) is 19.6 Å². The third kappa shape index (κ3) is 5.54. The van der Waals surface area contributed by atoms with Crippen molar-refractivity contribution in [3.63, 3.8) is 0 Å². The second kappa shape index (κ2) is 8.50. The summed E-state index contributed by atoms with van der Waals surface area (Å²) in [5, 5.41) is 10.6. The molecular formula is C17H26N4O2. The largest absolute Gasteiger partial charge is 0.370 e. The van der Waals surface area contributed by atoms with Gasteiger partial charge in [-0.1, -0.05) is 19.1 Å². The Hall–Kier alpha value is -2.11. The molecule has 1 saturated heterocycles. The second-order valence-electron chi connectivity index (χ2n) is 6.31. The second-order valence-corrected chi connectivity index (χ2v) is 6.31. The third-order valence-corrected chi connectivity index (χ3v) is 4.28. The minimum atomic E-state index is -0.372. The van der Waals surface area contributed by atoms with Crippen molar-refractivity contribution in [3.05, 3.63) is 39.9 Å². The van der Waals surface area contributed by atoms with E-state index in [1.54, 1.807) is 12.1 Å². The van der Waals surface area contributed by atoms with Gasteiger partial charge in [0.15, 0.2) is 5.96 Å². The minimum absolute atomic E-state index is 0.141. The average molecular weight is 318 g/mol. The lowest BCUT2D eigenvalue weighted by molar-refractivity contribution is -0.384. The van der Waals surface area contributed by atoms with E-state index in [1.807, 2.05) is 12.1 Å². The highest BCUT2D eigenvalue weighted by molar-refractivity contribution is 5.78. The SMILES string of the molecule is CC1CCCN(C(N)=NCCCCc2ccc([N+](=O)[O-])cc2)C1. The monoisotopic (exact) mass is 318 g/mol. The smallest absolute Gasteiger partial charge is 0.269 e. The highest BCUT2D eigenvalue weighted by atomic mass is 16.6. The van der Waals surface area contributed by atoms with Gasteiger partial charge in [-0.25, -0.2) is 0 Å². The number of aliphatic imine (C=N–C) groups is 1. The fourth-order valence-electron chi connectivity index (χ4n) is 2.92. The van der Waals surface area contributed by atoms with Crippen LogP contribution in [-0.2, 0) is 6.42 Å². The van der Waals surface area contributed by atoms with Crippen LogP contribution in [0.4, 0.5) is 5.69 Å². The molecule has 1 aromatic carbocycles. The fourth-order valence-corrected chi connectivity index (χ4v) is 2.92. The van der Waals surface area contributed by atoms with Gasteiger partial charge in [-0.15, -0.1) is 0 Å². The quantitative estimate of drug-likeness (QED) is 0.287. The molecular weight excluding hydrogens is 292 g/mol. The molecule has 0 bridgehead atoms. The van der Waals surface area contributed by atoms with Crippen molar-refractivity contribution in [2.45, 2.75) is 39.0 Å². The summed E-state index contributed by atoms with van der Waals surface area (Å²) in [6, 6.07) is 6.77. The predicted octanol–water partition coefficient (Wildman–Crippen LogP) is 2.96. The summed E-state index contributed by atoms with van der Waals surface area (Å²) in [5.41, 5.74) is 7.32. The number of non-ortho nitro benzene ring substituents is 1. The number of hydrogen-bond donors (Lipinski definition) is 1. The van der Waals surface area contributed by atoms with E-state index in [2.05, 4.69) is 16.8 Å². The summed E-state index contributed by atoms with van der Waals surface area (Å²) in [5.74, 6) is 1.37. The van der Waals surface area contributed by atoms with E-state index in [0.29, 0.717) is 11.9 Å². The van der Waals surface area contributed by atoms with Crippen molar-refractivity contribution in [2.24, 2.45) is 16.6 Å². The van der Waals surface area contributed by atoms with E-state index in [-0.39, 0.29) is 10.6 Å². The Morgan fingerprint density at radius 2 is 2.13 bits per heavy atom. The Kier molecular flexibility index (Phi) is 6.38. The molecule has 0 spiro atoms. The molecule has 1 unspecified atom stereocenters. The molecule has 1 aromatic rings. The highest BCUT2D eigenvalue weighted by Gasteiger charge is 2.17. The molecule has 0 aliphatic carbocycles. The minimum Gasteiger partial charge on any atom is -0.370 e. The molecule has 23 heavy (non-hydrogen) atoms. The van der Waals surface area contributed by atoms with Crippen molar-refractivity contribution >= 4 is 11.6 Å². The van der Waals surface area contributed by atoms with E-state index in [9.17, 15) is 10.1 Å². The van der Waals surface area contributed by atoms with Gasteiger partial charge in [0.25, 0.3) is 5.69 Å². The number of aryl methyl sites for hydroxylation is 1. The zero-order valence-corrected chi connectivity index (χ0v) is 13.8. The highest BCUT2D eigenvalue weighted by Crippen LogP contribution is 2.15. The van der Waals surface area contributed by atoms with E-state index >= 15 is 0 Å². The van der Waals surface area contributed by atoms with Gasteiger partial charge in [0.1, 0.15) is 0 Å². The summed E-state index contributed by atoms with van der Waals surface area (Å²) in [7, 11) is 0. The number of rotatable bonds is 6. The number of piperidine rings is 1. The standard InChI is InChI=1S/C17H26N4O2/c1-14-5-4-12-20(13-14)17(18)19-11-3-2-6-15-7-9-16(10-8-15)21(22)23/h7-10,14H,2-6,11-13H2,1H3,(H2,18,19). The Bertz CT molecular complexity index is 542. The van der Waals surface area contributed by atoms with E-state index in [0.717, 1.165) is 44.5 Å². The van der Waals surface area contributed by atoms with Crippen LogP contribution in [-0.4, -0.2) is 35.4 Å². The van der Waals surface area contributed by atoms with Crippen molar-refractivity contribution < 1.29 is 4.92 Å². The molecule has 6 nitrogen and oxygen atoms in total. The average Bonchev–Trinajstić information content (AvgIpc) is 2.54. The molecule has 126 valence electrons. The normalized spacial score (nSPS) is 18.9. The van der Waals surface area contributed by atoms with Gasteiger partial charge in [0.05, 0.1) is 4.92 Å². The summed E-state index contributed by atoms with van der Waals surface area (Å²) in [6.07, 6.45) is 5.36. The fraction of sp³-hybridized carbons (Fsp3) is 0.588. The zero-order chi connectivity index (χ0) is 16.7. The van der Waals surface area contributed by atoms with Crippen LogP contribution in [0.3, 0.4) is 0 Å². The number of nitrogens with zero attached hydrogens (tertiary/aromatic N) is 3. The van der Waals surface area contributed by atoms with Crippen LogP contribution in [0.15, 0.2) is 29.3 Å². The topological polar surface area (TPSA) is 84.8 Å². The first-order chi connectivity index (χ1) is 11.1. The van der Waals surface area contributed by atoms with Crippen LogP contribution in [0.25, 0.3) is 0 Å². The van der Waals surface area contributed by atoms with Gasteiger partial charge in [-0.05, 0) is 43.6 Å². The molecule has 0 radical (unpaired) electrons. The number of nitrogens with two attached hydrogens (primary N) is 1. The number of unbranched alkanes of at least 4 members (excludes halogenated alkanes) is 1. The van der Waals surface area contributed by atoms with Gasteiger partial charge in [0, 0.05) is 31.8 Å². The zero-order valence-electron chi connectivity index (χ0n) is 13.8. The molecule has 0 aromatic heterocycles. The Morgan fingerprint density at radius 3 is 2.78 bits per heavy atom. The maximum Gasteiger partial charge on any atom is 0.269 e. The lowest BCUT2D eigenvalue weighted by atomic mass is 10.0. The number of nitro groups is 1. The van der Waals surface area contributed by atoms with E-state index < -0.39 is 0 Å². The first-order valence-corrected chi connectivity index (χ1v) is 8.34. The molecule has 2 rings (SSSR count). The van der Waals surface area contributed by atoms with Gasteiger partial charge in [0.2, 0.25) is 0 Å². The molecule has 1 atom stereocenters. The van der Waals surface area contributed by atoms with Crippen LogP contribution < -0.4 is 5.73 Å². The van der Waals surface area contributed by atoms with E-state index in [1.165, 1.54) is 12.8 Å². The van der Waals surface area contributed by atoms with Crippen molar-refractivity contribution in [1.82, 2.24) is 4.90 Å². The summed E-state index contributed by atoms with van der Waals surface area (Å²) >= 11 is 0. The maximum atomic E-state index is 10.6. The Morgan fingerprint density at radius 1 is 1.39 bits per heavy atom. The molecule has 1 aliphatic rings. The Labute approximate surface area is 137 Å². The Balaban J connectivity index is 1.68. The van der Waals surface area contributed by atoms with Crippen molar-refractivity contribution in [3.8, 4) is 0 Å². The van der Waals surface area contributed by atoms with Crippen LogP contribution in [0.2, 0.25) is 0 Å². The van der Waals surface area contributed by atoms with Gasteiger partial charge in [-0.2, -0.15) is 0 Å². The molecule has 0 saturated carbocycles. The molecule has 6 heteroatoms.